The van der Waals surface area contributed by atoms with Crippen LogP contribution in [0.5, 0.6) is 0 Å². The summed E-state index contributed by atoms with van der Waals surface area (Å²) >= 11 is 0. The maximum absolute atomic E-state index is 6.31. The van der Waals surface area contributed by atoms with E-state index in [1.807, 2.05) is 29.1 Å². The second-order valence-electron chi connectivity index (χ2n) is 5.78. The van der Waals surface area contributed by atoms with Gasteiger partial charge in [-0.3, -0.25) is 4.90 Å². The van der Waals surface area contributed by atoms with Crippen LogP contribution in [0.4, 0.5) is 0 Å². The summed E-state index contributed by atoms with van der Waals surface area (Å²) in [6.45, 7) is 5.53. The molecule has 4 nitrogen and oxygen atoms in total. The van der Waals surface area contributed by atoms with E-state index in [1.54, 1.807) is 0 Å². The van der Waals surface area contributed by atoms with Gasteiger partial charge >= 0.3 is 0 Å². The van der Waals surface area contributed by atoms with Crippen molar-refractivity contribution in [3.63, 3.8) is 0 Å². The van der Waals surface area contributed by atoms with Crippen LogP contribution in [0.15, 0.2) is 42.7 Å². The number of hydrogen-bond donors (Lipinski definition) is 1. The molecule has 2 unspecified atom stereocenters. The third-order valence-corrected chi connectivity index (χ3v) is 4.11. The van der Waals surface area contributed by atoms with Gasteiger partial charge in [0.25, 0.3) is 0 Å². The van der Waals surface area contributed by atoms with Crippen molar-refractivity contribution in [3.05, 3.63) is 48.3 Å². The number of para-hydroxylation sites is 1. The molecule has 0 radical (unpaired) electrons. The molecule has 1 aliphatic heterocycles. The SMILES string of the molecule is CC(C)N1CCC(N)C1c1cnn(-c2ccccc2)c1. The summed E-state index contributed by atoms with van der Waals surface area (Å²) < 4.78 is 1.93. The van der Waals surface area contributed by atoms with Crippen molar-refractivity contribution < 1.29 is 0 Å². The number of nitrogens with zero attached hydrogens (tertiary/aromatic N) is 3. The molecule has 1 saturated heterocycles. The predicted molar refractivity (Wildman–Crippen MR) is 80.7 cm³/mol. The van der Waals surface area contributed by atoms with Gasteiger partial charge in [-0.15, -0.1) is 0 Å². The van der Waals surface area contributed by atoms with Gasteiger partial charge in [-0.1, -0.05) is 18.2 Å². The third-order valence-electron chi connectivity index (χ3n) is 4.11. The van der Waals surface area contributed by atoms with Crippen LogP contribution in [0.1, 0.15) is 31.9 Å². The number of aromatic nitrogens is 2. The first-order valence-electron chi connectivity index (χ1n) is 7.28. The van der Waals surface area contributed by atoms with Gasteiger partial charge in [0.1, 0.15) is 0 Å². The summed E-state index contributed by atoms with van der Waals surface area (Å²) in [5, 5.41) is 4.49. The van der Waals surface area contributed by atoms with Crippen LogP contribution in [0.3, 0.4) is 0 Å². The van der Waals surface area contributed by atoms with Gasteiger partial charge in [0, 0.05) is 30.4 Å². The Morgan fingerprint density at radius 1 is 1.25 bits per heavy atom. The van der Waals surface area contributed by atoms with E-state index >= 15 is 0 Å². The molecule has 1 aromatic heterocycles. The highest BCUT2D eigenvalue weighted by Crippen LogP contribution is 2.32. The van der Waals surface area contributed by atoms with Crippen molar-refractivity contribution >= 4 is 0 Å². The number of nitrogens with two attached hydrogens (primary N) is 1. The van der Waals surface area contributed by atoms with Gasteiger partial charge in [0.2, 0.25) is 0 Å². The molecule has 0 spiro atoms. The molecule has 20 heavy (non-hydrogen) atoms. The predicted octanol–water partition coefficient (Wildman–Crippen LogP) is 2.35. The second-order valence-corrected chi connectivity index (χ2v) is 5.78. The highest BCUT2D eigenvalue weighted by molar-refractivity contribution is 5.31. The fraction of sp³-hybridized carbons (Fsp3) is 0.438. The molecule has 2 atom stereocenters. The Morgan fingerprint density at radius 3 is 2.70 bits per heavy atom. The molecule has 0 aliphatic carbocycles. The minimum Gasteiger partial charge on any atom is -0.326 e. The molecule has 106 valence electrons. The Hall–Kier alpha value is -1.65. The quantitative estimate of drug-likeness (QED) is 0.931. The van der Waals surface area contributed by atoms with E-state index in [0.29, 0.717) is 6.04 Å². The van der Waals surface area contributed by atoms with Crippen LogP contribution >= 0.6 is 0 Å². The summed E-state index contributed by atoms with van der Waals surface area (Å²) in [6.07, 6.45) is 5.12. The highest BCUT2D eigenvalue weighted by Gasteiger charge is 2.35. The van der Waals surface area contributed by atoms with Crippen LogP contribution in [-0.4, -0.2) is 33.3 Å². The van der Waals surface area contributed by atoms with Crippen molar-refractivity contribution in [2.45, 2.75) is 38.4 Å². The smallest absolute Gasteiger partial charge is 0.0645 e. The topological polar surface area (TPSA) is 47.1 Å². The minimum absolute atomic E-state index is 0.200. The van der Waals surface area contributed by atoms with Gasteiger partial charge in [0.15, 0.2) is 0 Å². The van der Waals surface area contributed by atoms with Crippen LogP contribution in [0, 0.1) is 0 Å². The van der Waals surface area contributed by atoms with E-state index in [4.69, 9.17) is 5.73 Å². The fourth-order valence-electron chi connectivity index (χ4n) is 3.07. The highest BCUT2D eigenvalue weighted by atomic mass is 15.3. The van der Waals surface area contributed by atoms with Crippen LogP contribution in [0.25, 0.3) is 5.69 Å². The van der Waals surface area contributed by atoms with Gasteiger partial charge in [-0.25, -0.2) is 4.68 Å². The maximum atomic E-state index is 6.31. The van der Waals surface area contributed by atoms with E-state index in [0.717, 1.165) is 18.7 Å². The Bertz CT molecular complexity index is 561. The average molecular weight is 270 g/mol. The molecule has 2 N–H and O–H groups in total. The van der Waals surface area contributed by atoms with Gasteiger partial charge in [-0.2, -0.15) is 5.10 Å². The van der Waals surface area contributed by atoms with Gasteiger partial charge in [-0.05, 0) is 32.4 Å². The van der Waals surface area contributed by atoms with Crippen molar-refractivity contribution in [3.8, 4) is 5.69 Å². The van der Waals surface area contributed by atoms with E-state index < -0.39 is 0 Å². The lowest BCUT2D eigenvalue weighted by Gasteiger charge is -2.29. The normalized spacial score (nSPS) is 23.6. The first-order chi connectivity index (χ1) is 9.66. The zero-order valence-electron chi connectivity index (χ0n) is 12.1. The zero-order valence-corrected chi connectivity index (χ0v) is 12.1. The van der Waals surface area contributed by atoms with Gasteiger partial charge < -0.3 is 5.73 Å². The molecule has 4 heteroatoms. The van der Waals surface area contributed by atoms with E-state index in [1.165, 1.54) is 5.56 Å². The molecule has 1 fully saturated rings. The maximum Gasteiger partial charge on any atom is 0.0645 e. The molecular weight excluding hydrogens is 248 g/mol. The molecule has 1 aliphatic rings. The number of benzene rings is 1. The van der Waals surface area contributed by atoms with E-state index in [-0.39, 0.29) is 12.1 Å². The van der Waals surface area contributed by atoms with Crippen molar-refractivity contribution in [1.29, 1.82) is 0 Å². The monoisotopic (exact) mass is 270 g/mol. The molecule has 0 amide bonds. The Kier molecular flexibility index (Phi) is 3.59. The molecule has 2 aromatic rings. The summed E-state index contributed by atoms with van der Waals surface area (Å²) in [4.78, 5) is 2.47. The number of rotatable bonds is 3. The molecule has 0 bridgehead atoms. The van der Waals surface area contributed by atoms with Crippen molar-refractivity contribution in [2.75, 3.05) is 6.54 Å². The van der Waals surface area contributed by atoms with Crippen LogP contribution in [0.2, 0.25) is 0 Å². The first kappa shape index (κ1) is 13.3. The summed E-state index contributed by atoms with van der Waals surface area (Å²) in [5.41, 5.74) is 8.61. The van der Waals surface area contributed by atoms with E-state index in [2.05, 4.69) is 42.2 Å². The summed E-state index contributed by atoms with van der Waals surface area (Å²) in [7, 11) is 0. The second kappa shape index (κ2) is 5.38. The van der Waals surface area contributed by atoms with Crippen LogP contribution in [-0.2, 0) is 0 Å². The van der Waals surface area contributed by atoms with Gasteiger partial charge in [0.05, 0.1) is 17.9 Å². The Labute approximate surface area is 120 Å². The lowest BCUT2D eigenvalue weighted by Crippen LogP contribution is -2.35. The molecule has 0 saturated carbocycles. The van der Waals surface area contributed by atoms with E-state index in [9.17, 15) is 0 Å². The molecule has 2 heterocycles. The standard InChI is InChI=1S/C16H22N4/c1-12(2)19-9-8-15(17)16(19)13-10-18-20(11-13)14-6-4-3-5-7-14/h3-7,10-12,15-16H,8-9,17H2,1-2H3. The zero-order chi connectivity index (χ0) is 14.1. The number of hydrogen-bond acceptors (Lipinski definition) is 3. The number of likely N-dealkylation sites (tertiary alicyclic amines) is 1. The van der Waals surface area contributed by atoms with Crippen molar-refractivity contribution in [1.82, 2.24) is 14.7 Å². The largest absolute Gasteiger partial charge is 0.326 e. The minimum atomic E-state index is 0.200. The molecule has 1 aromatic carbocycles. The average Bonchev–Trinajstić information content (AvgIpc) is 3.06. The molecule has 3 rings (SSSR count). The lowest BCUT2D eigenvalue weighted by molar-refractivity contribution is 0.198. The fourth-order valence-corrected chi connectivity index (χ4v) is 3.07. The summed E-state index contributed by atoms with van der Waals surface area (Å²) in [6, 6.07) is 11.2. The first-order valence-corrected chi connectivity index (χ1v) is 7.28. The van der Waals surface area contributed by atoms with Crippen LogP contribution < -0.4 is 5.73 Å². The lowest BCUT2D eigenvalue weighted by atomic mass is 10.0. The third kappa shape index (κ3) is 2.37. The molecular formula is C16H22N4. The summed E-state index contributed by atoms with van der Waals surface area (Å²) in [5.74, 6) is 0. The Balaban J connectivity index is 1.89. The Morgan fingerprint density at radius 2 is 2.00 bits per heavy atom. The van der Waals surface area contributed by atoms with Crippen molar-refractivity contribution in [2.24, 2.45) is 5.73 Å².